The fraction of sp³-hybridized carbons (Fsp3) is 0.182. The van der Waals surface area contributed by atoms with Crippen LogP contribution in [0.4, 0.5) is 0 Å². The maximum Gasteiger partial charge on any atom is 0.252 e. The SMILES string of the molecule is CC(SC(C)C(=O)NN=Cc1ccc(C#N)cc1)C(=O)NN=Cc1ccc(C#N)cc1. The molecule has 0 radical (unpaired) electrons. The number of carbonyl (C=O) groups is 2. The minimum Gasteiger partial charge on any atom is -0.272 e. The molecule has 2 rings (SSSR count). The Balaban J connectivity index is 1.77. The van der Waals surface area contributed by atoms with E-state index in [-0.39, 0.29) is 11.8 Å². The van der Waals surface area contributed by atoms with E-state index in [0.717, 1.165) is 11.1 Å². The number of benzene rings is 2. The quantitative estimate of drug-likeness (QED) is 0.489. The van der Waals surface area contributed by atoms with Crippen LogP contribution in [-0.4, -0.2) is 34.7 Å². The van der Waals surface area contributed by atoms with Crippen molar-refractivity contribution in [2.24, 2.45) is 10.2 Å². The lowest BCUT2D eigenvalue weighted by atomic mass is 10.2. The van der Waals surface area contributed by atoms with Gasteiger partial charge in [-0.15, -0.1) is 11.8 Å². The molecule has 8 nitrogen and oxygen atoms in total. The Labute approximate surface area is 184 Å². The number of hydrazone groups is 2. The van der Waals surface area contributed by atoms with Crippen LogP contribution in [0.2, 0.25) is 0 Å². The minimum atomic E-state index is -0.513. The molecule has 0 spiro atoms. The molecule has 0 heterocycles. The molecule has 2 aromatic rings. The fourth-order valence-electron chi connectivity index (χ4n) is 2.24. The molecular weight excluding hydrogens is 412 g/mol. The Kier molecular flexibility index (Phi) is 8.96. The summed E-state index contributed by atoms with van der Waals surface area (Å²) in [7, 11) is 0. The predicted octanol–water partition coefficient (Wildman–Crippen LogP) is 2.54. The molecule has 0 fully saturated rings. The van der Waals surface area contributed by atoms with Gasteiger partial charge in [-0.05, 0) is 49.2 Å². The summed E-state index contributed by atoms with van der Waals surface area (Å²) >= 11 is 1.17. The van der Waals surface area contributed by atoms with Gasteiger partial charge in [-0.1, -0.05) is 24.3 Å². The Bertz CT molecular complexity index is 964. The lowest BCUT2D eigenvalue weighted by Crippen LogP contribution is -2.33. The average molecular weight is 433 g/mol. The first-order valence-corrected chi connectivity index (χ1v) is 10.2. The second-order valence-corrected chi connectivity index (χ2v) is 8.04. The van der Waals surface area contributed by atoms with Crippen molar-refractivity contribution in [1.29, 1.82) is 10.5 Å². The second kappa shape index (κ2) is 11.9. The summed E-state index contributed by atoms with van der Waals surface area (Å²) in [6.45, 7) is 3.36. The van der Waals surface area contributed by atoms with Crippen LogP contribution in [0.5, 0.6) is 0 Å². The van der Waals surface area contributed by atoms with Crippen molar-refractivity contribution in [3.8, 4) is 12.1 Å². The number of nitrogens with one attached hydrogen (secondary N) is 2. The van der Waals surface area contributed by atoms with Crippen LogP contribution in [0.3, 0.4) is 0 Å². The topological polar surface area (TPSA) is 130 Å². The zero-order valence-electron chi connectivity index (χ0n) is 16.9. The van der Waals surface area contributed by atoms with Crippen molar-refractivity contribution in [1.82, 2.24) is 10.9 Å². The molecule has 9 heteroatoms. The van der Waals surface area contributed by atoms with Crippen molar-refractivity contribution in [2.75, 3.05) is 0 Å². The van der Waals surface area contributed by atoms with Crippen LogP contribution in [0, 0.1) is 22.7 Å². The summed E-state index contributed by atoms with van der Waals surface area (Å²) in [5.74, 6) is -0.675. The molecule has 2 unspecified atom stereocenters. The third kappa shape index (κ3) is 7.77. The number of nitriles is 2. The van der Waals surface area contributed by atoms with Crippen LogP contribution in [0.25, 0.3) is 0 Å². The van der Waals surface area contributed by atoms with Gasteiger partial charge in [0.1, 0.15) is 0 Å². The van der Waals surface area contributed by atoms with E-state index in [2.05, 4.69) is 21.1 Å². The van der Waals surface area contributed by atoms with Gasteiger partial charge < -0.3 is 0 Å². The molecule has 0 saturated carbocycles. The lowest BCUT2D eigenvalue weighted by Gasteiger charge is -2.14. The van der Waals surface area contributed by atoms with E-state index in [4.69, 9.17) is 10.5 Å². The zero-order chi connectivity index (χ0) is 22.6. The molecule has 2 aromatic carbocycles. The maximum atomic E-state index is 12.2. The molecule has 0 saturated heterocycles. The maximum absolute atomic E-state index is 12.2. The van der Waals surface area contributed by atoms with Gasteiger partial charge in [-0.25, -0.2) is 10.9 Å². The van der Waals surface area contributed by atoms with E-state index < -0.39 is 10.5 Å². The molecular formula is C22H20N6O2S. The van der Waals surface area contributed by atoms with E-state index in [9.17, 15) is 9.59 Å². The van der Waals surface area contributed by atoms with Crippen molar-refractivity contribution >= 4 is 36.0 Å². The van der Waals surface area contributed by atoms with Gasteiger partial charge >= 0.3 is 0 Å². The van der Waals surface area contributed by atoms with Crippen molar-refractivity contribution in [3.05, 3.63) is 70.8 Å². The van der Waals surface area contributed by atoms with Gasteiger partial charge in [0.15, 0.2) is 0 Å². The van der Waals surface area contributed by atoms with E-state index in [1.807, 2.05) is 12.1 Å². The Morgan fingerprint density at radius 2 is 1.16 bits per heavy atom. The standard InChI is InChI=1S/C22H20N6O2S/c1-15(21(29)27-25-13-19-7-3-17(11-23)4-8-19)31-16(2)22(30)28-26-14-20-9-5-18(12-24)6-10-20/h3-10,13-16H,1-2H3,(H,27,29)(H,28,30). The van der Waals surface area contributed by atoms with Crippen molar-refractivity contribution in [3.63, 3.8) is 0 Å². The van der Waals surface area contributed by atoms with Crippen molar-refractivity contribution in [2.45, 2.75) is 24.3 Å². The van der Waals surface area contributed by atoms with Crippen LogP contribution < -0.4 is 10.9 Å². The third-order valence-corrected chi connectivity index (χ3v) is 5.25. The number of nitrogens with zero attached hydrogens (tertiary/aromatic N) is 4. The molecule has 31 heavy (non-hydrogen) atoms. The number of hydrogen-bond donors (Lipinski definition) is 2. The number of carbonyl (C=O) groups excluding carboxylic acids is 2. The van der Waals surface area contributed by atoms with Gasteiger partial charge in [0.05, 0.1) is 46.2 Å². The summed E-state index contributed by atoms with van der Waals surface area (Å²) in [5.41, 5.74) is 7.45. The second-order valence-electron chi connectivity index (χ2n) is 6.36. The van der Waals surface area contributed by atoms with Gasteiger partial charge in [-0.2, -0.15) is 20.7 Å². The van der Waals surface area contributed by atoms with E-state index in [1.54, 1.807) is 62.4 Å². The molecule has 156 valence electrons. The number of hydrogen-bond acceptors (Lipinski definition) is 7. The molecule has 0 bridgehead atoms. The van der Waals surface area contributed by atoms with E-state index in [1.165, 1.54) is 24.2 Å². The summed E-state index contributed by atoms with van der Waals surface area (Å²) < 4.78 is 0. The van der Waals surface area contributed by atoms with Gasteiger partial charge in [0.25, 0.3) is 11.8 Å². The molecule has 2 atom stereocenters. The minimum absolute atomic E-state index is 0.337. The first kappa shape index (κ1) is 23.3. The van der Waals surface area contributed by atoms with E-state index >= 15 is 0 Å². The molecule has 0 aliphatic heterocycles. The summed E-state index contributed by atoms with van der Waals surface area (Å²) in [5, 5.41) is 24.3. The highest BCUT2D eigenvalue weighted by molar-refractivity contribution is 8.01. The van der Waals surface area contributed by atoms with Gasteiger partial charge in [0.2, 0.25) is 0 Å². The first-order chi connectivity index (χ1) is 14.9. The Hall–Kier alpha value is -3.95. The molecule has 0 aliphatic rings. The molecule has 0 aromatic heterocycles. The number of rotatable bonds is 8. The van der Waals surface area contributed by atoms with Crippen LogP contribution in [0.15, 0.2) is 58.7 Å². The average Bonchev–Trinajstić information content (AvgIpc) is 2.79. The van der Waals surface area contributed by atoms with Crippen LogP contribution in [0.1, 0.15) is 36.1 Å². The van der Waals surface area contributed by atoms with E-state index in [0.29, 0.717) is 11.1 Å². The summed E-state index contributed by atoms with van der Waals surface area (Å²) in [6.07, 6.45) is 2.95. The third-order valence-electron chi connectivity index (χ3n) is 4.00. The Morgan fingerprint density at radius 1 is 0.806 bits per heavy atom. The Morgan fingerprint density at radius 3 is 1.48 bits per heavy atom. The van der Waals surface area contributed by atoms with Crippen LogP contribution >= 0.6 is 11.8 Å². The molecule has 2 amide bonds. The highest BCUT2D eigenvalue weighted by atomic mass is 32.2. The highest BCUT2D eigenvalue weighted by Gasteiger charge is 2.21. The smallest absolute Gasteiger partial charge is 0.252 e. The van der Waals surface area contributed by atoms with Crippen LogP contribution in [-0.2, 0) is 9.59 Å². The predicted molar refractivity (Wildman–Crippen MR) is 120 cm³/mol. The normalized spacial score (nSPS) is 12.6. The highest BCUT2D eigenvalue weighted by Crippen LogP contribution is 2.17. The number of thioether (sulfide) groups is 1. The molecule has 0 aliphatic carbocycles. The van der Waals surface area contributed by atoms with Crippen molar-refractivity contribution < 1.29 is 9.59 Å². The summed E-state index contributed by atoms with van der Waals surface area (Å²) in [4.78, 5) is 24.3. The van der Waals surface area contributed by atoms with Gasteiger partial charge in [-0.3, -0.25) is 9.59 Å². The molecule has 2 N–H and O–H groups in total. The largest absolute Gasteiger partial charge is 0.272 e. The first-order valence-electron chi connectivity index (χ1n) is 9.24. The summed E-state index contributed by atoms with van der Waals surface area (Å²) in [6, 6.07) is 17.6. The zero-order valence-corrected chi connectivity index (χ0v) is 17.8. The lowest BCUT2D eigenvalue weighted by molar-refractivity contribution is -0.120. The number of amides is 2. The van der Waals surface area contributed by atoms with Gasteiger partial charge in [0, 0.05) is 0 Å². The fourth-order valence-corrected chi connectivity index (χ4v) is 3.20. The monoisotopic (exact) mass is 432 g/mol.